The lowest BCUT2D eigenvalue weighted by atomic mass is 10.1. The minimum atomic E-state index is 0.0467. The molecular formula is C22H23ClN6O2S. The maximum Gasteiger partial charge on any atom is 0.228 e. The van der Waals surface area contributed by atoms with Crippen molar-refractivity contribution < 1.29 is 9.53 Å². The van der Waals surface area contributed by atoms with E-state index >= 15 is 0 Å². The lowest BCUT2D eigenvalue weighted by Crippen LogP contribution is -2.55. The van der Waals surface area contributed by atoms with E-state index < -0.39 is 0 Å². The fraction of sp³-hybridized carbons (Fsp3) is 0.364. The van der Waals surface area contributed by atoms with Crippen LogP contribution in [0.2, 0.25) is 5.02 Å². The van der Waals surface area contributed by atoms with Crippen LogP contribution in [-0.4, -0.2) is 63.2 Å². The quantitative estimate of drug-likeness (QED) is 0.445. The zero-order valence-electron chi connectivity index (χ0n) is 17.9. The molecule has 1 aliphatic heterocycles. The number of aromatic nitrogens is 4. The summed E-state index contributed by atoms with van der Waals surface area (Å²) in [7, 11) is 1.63. The van der Waals surface area contributed by atoms with Crippen LogP contribution >= 0.6 is 22.9 Å². The number of thiophene rings is 1. The van der Waals surface area contributed by atoms with Crippen molar-refractivity contribution in [3.8, 4) is 0 Å². The Hall–Kier alpha value is -2.75. The van der Waals surface area contributed by atoms with E-state index in [4.69, 9.17) is 21.3 Å². The first kappa shape index (κ1) is 21.1. The van der Waals surface area contributed by atoms with E-state index in [1.54, 1.807) is 18.4 Å². The molecule has 0 saturated carbocycles. The van der Waals surface area contributed by atoms with Gasteiger partial charge in [0.1, 0.15) is 6.61 Å². The summed E-state index contributed by atoms with van der Waals surface area (Å²) >= 11 is 7.86. The van der Waals surface area contributed by atoms with E-state index in [1.165, 1.54) is 0 Å². The van der Waals surface area contributed by atoms with Gasteiger partial charge >= 0.3 is 0 Å². The number of ether oxygens (including phenoxy) is 1. The highest BCUT2D eigenvalue weighted by atomic mass is 35.5. The van der Waals surface area contributed by atoms with E-state index in [-0.39, 0.29) is 11.9 Å². The Morgan fingerprint density at radius 3 is 2.91 bits per heavy atom. The first-order valence-corrected chi connectivity index (χ1v) is 11.7. The Balaban J connectivity index is 1.48. The van der Waals surface area contributed by atoms with Gasteiger partial charge in [0, 0.05) is 48.1 Å². The number of piperazine rings is 1. The van der Waals surface area contributed by atoms with Gasteiger partial charge in [0.05, 0.1) is 11.9 Å². The van der Waals surface area contributed by atoms with Crippen LogP contribution in [0, 0.1) is 0 Å². The number of benzene rings is 1. The number of halogens is 1. The number of fused-ring (bicyclic) bond motifs is 3. The molecule has 0 radical (unpaired) electrons. The number of methoxy groups -OCH3 is 1. The molecule has 8 nitrogen and oxygen atoms in total. The Labute approximate surface area is 194 Å². The molecule has 1 aliphatic rings. The lowest BCUT2D eigenvalue weighted by Gasteiger charge is -2.40. The van der Waals surface area contributed by atoms with Crippen LogP contribution in [0.25, 0.3) is 16.6 Å². The lowest BCUT2D eigenvalue weighted by molar-refractivity contribution is -0.132. The van der Waals surface area contributed by atoms with Gasteiger partial charge in [0.2, 0.25) is 11.9 Å². The highest BCUT2D eigenvalue weighted by Gasteiger charge is 2.30. The second-order valence-electron chi connectivity index (χ2n) is 7.92. The first-order chi connectivity index (χ1) is 15.5. The van der Waals surface area contributed by atoms with Crippen LogP contribution in [0.5, 0.6) is 0 Å². The summed E-state index contributed by atoms with van der Waals surface area (Å²) < 4.78 is 7.30. The molecule has 4 heterocycles. The Kier molecular flexibility index (Phi) is 5.71. The van der Waals surface area contributed by atoms with Crippen LogP contribution in [0.15, 0.2) is 35.7 Å². The number of hydrogen-bond donors (Lipinski definition) is 0. The highest BCUT2D eigenvalue weighted by molar-refractivity contribution is 7.10. The minimum Gasteiger partial charge on any atom is -0.377 e. The summed E-state index contributed by atoms with van der Waals surface area (Å²) in [6.07, 6.45) is 0.447. The number of nitrogens with zero attached hydrogens (tertiary/aromatic N) is 6. The number of rotatable bonds is 5. The molecule has 166 valence electrons. The average molecular weight is 471 g/mol. The van der Waals surface area contributed by atoms with Gasteiger partial charge in [-0.25, -0.2) is 9.38 Å². The Morgan fingerprint density at radius 2 is 2.16 bits per heavy atom. The third-order valence-corrected chi connectivity index (χ3v) is 6.87. The molecule has 1 unspecified atom stereocenters. The van der Waals surface area contributed by atoms with Gasteiger partial charge in [-0.1, -0.05) is 17.7 Å². The summed E-state index contributed by atoms with van der Waals surface area (Å²) in [6.45, 7) is 4.36. The van der Waals surface area contributed by atoms with Crippen molar-refractivity contribution in [2.24, 2.45) is 0 Å². The second kappa shape index (κ2) is 8.65. The van der Waals surface area contributed by atoms with E-state index in [1.807, 2.05) is 45.0 Å². The van der Waals surface area contributed by atoms with Crippen LogP contribution < -0.4 is 4.90 Å². The van der Waals surface area contributed by atoms with Crippen molar-refractivity contribution in [3.63, 3.8) is 0 Å². The van der Waals surface area contributed by atoms with E-state index in [0.29, 0.717) is 43.5 Å². The molecule has 4 aromatic rings. The van der Waals surface area contributed by atoms with Gasteiger partial charge in [-0.2, -0.15) is 0 Å². The number of hydrogen-bond acceptors (Lipinski definition) is 7. The molecule has 0 N–H and O–H groups in total. The van der Waals surface area contributed by atoms with E-state index in [2.05, 4.69) is 22.0 Å². The molecule has 1 fully saturated rings. The molecule has 10 heteroatoms. The topological polar surface area (TPSA) is 75.9 Å². The molecule has 32 heavy (non-hydrogen) atoms. The van der Waals surface area contributed by atoms with Crippen molar-refractivity contribution in [1.29, 1.82) is 0 Å². The van der Waals surface area contributed by atoms with Crippen LogP contribution in [-0.2, 0) is 22.6 Å². The first-order valence-electron chi connectivity index (χ1n) is 10.4. The highest BCUT2D eigenvalue weighted by Crippen LogP contribution is 2.28. The molecule has 1 amide bonds. The maximum atomic E-state index is 12.9. The SMILES string of the molecule is COCc1nnc2c3ccc(Cl)cc3nc(N3CCN(C(=O)Cc4cccs4)C(C)C3)n12. The molecule has 3 aromatic heterocycles. The maximum absolute atomic E-state index is 12.9. The number of amides is 1. The van der Waals surface area contributed by atoms with Crippen molar-refractivity contribution >= 4 is 51.3 Å². The van der Waals surface area contributed by atoms with Crippen molar-refractivity contribution in [3.05, 3.63) is 51.4 Å². The fourth-order valence-electron chi connectivity index (χ4n) is 4.25. The number of anilines is 1. The van der Waals surface area contributed by atoms with Crippen molar-refractivity contribution in [2.75, 3.05) is 31.6 Å². The number of carbonyl (C=O) groups excluding carboxylic acids is 1. The third-order valence-electron chi connectivity index (χ3n) is 5.76. The molecular weight excluding hydrogens is 448 g/mol. The summed E-state index contributed by atoms with van der Waals surface area (Å²) in [5, 5.41) is 12.3. The Bertz CT molecular complexity index is 1270. The molecule has 0 bridgehead atoms. The average Bonchev–Trinajstić information content (AvgIpc) is 3.43. The van der Waals surface area contributed by atoms with Gasteiger partial charge in [0.25, 0.3) is 0 Å². The monoisotopic (exact) mass is 470 g/mol. The minimum absolute atomic E-state index is 0.0467. The van der Waals surface area contributed by atoms with E-state index in [9.17, 15) is 4.79 Å². The summed E-state index contributed by atoms with van der Waals surface area (Å²) in [5.41, 5.74) is 1.48. The van der Waals surface area contributed by atoms with Gasteiger partial charge in [-0.05, 0) is 36.6 Å². The normalized spacial score (nSPS) is 16.9. The van der Waals surface area contributed by atoms with Crippen molar-refractivity contribution in [2.45, 2.75) is 26.0 Å². The van der Waals surface area contributed by atoms with Gasteiger partial charge in [-0.3, -0.25) is 4.79 Å². The van der Waals surface area contributed by atoms with Crippen molar-refractivity contribution in [1.82, 2.24) is 24.5 Å². The standard InChI is InChI=1S/C22H23ClN6O2S/c1-14-12-27(7-8-28(14)20(30)11-16-4-3-9-32-16)22-24-18-10-15(23)5-6-17(18)21-26-25-19(13-31-2)29(21)22/h3-6,9-10,14H,7-8,11-13H2,1-2H3. The van der Waals surface area contributed by atoms with Gasteiger partial charge < -0.3 is 14.5 Å². The van der Waals surface area contributed by atoms with Crippen LogP contribution in [0.1, 0.15) is 17.6 Å². The largest absolute Gasteiger partial charge is 0.377 e. The molecule has 1 aromatic carbocycles. The Morgan fingerprint density at radius 1 is 1.28 bits per heavy atom. The molecule has 5 rings (SSSR count). The van der Waals surface area contributed by atoms with Crippen LogP contribution in [0.3, 0.4) is 0 Å². The zero-order chi connectivity index (χ0) is 22.2. The summed E-state index contributed by atoms with van der Waals surface area (Å²) in [6, 6.07) is 9.62. The molecule has 1 atom stereocenters. The number of carbonyl (C=O) groups is 1. The second-order valence-corrected chi connectivity index (χ2v) is 9.39. The fourth-order valence-corrected chi connectivity index (χ4v) is 5.12. The summed E-state index contributed by atoms with van der Waals surface area (Å²) in [4.78, 5) is 23.1. The van der Waals surface area contributed by atoms with Gasteiger partial charge in [-0.15, -0.1) is 21.5 Å². The summed E-state index contributed by atoms with van der Waals surface area (Å²) in [5.74, 6) is 1.59. The van der Waals surface area contributed by atoms with Gasteiger partial charge in [0.15, 0.2) is 11.5 Å². The predicted octanol–water partition coefficient (Wildman–Crippen LogP) is 3.42. The smallest absolute Gasteiger partial charge is 0.228 e. The van der Waals surface area contributed by atoms with Crippen LogP contribution in [0.4, 0.5) is 5.95 Å². The molecule has 1 saturated heterocycles. The predicted molar refractivity (Wildman–Crippen MR) is 125 cm³/mol. The third kappa shape index (κ3) is 3.80. The van der Waals surface area contributed by atoms with E-state index in [0.717, 1.165) is 27.4 Å². The zero-order valence-corrected chi connectivity index (χ0v) is 19.4. The molecule has 0 aliphatic carbocycles. The molecule has 0 spiro atoms.